The smallest absolute Gasteiger partial charge is 0.232 e. The number of carbonyl (C=O) groups excluding carboxylic acids is 1. The highest BCUT2D eigenvalue weighted by molar-refractivity contribution is 7.92. The molecule has 0 heterocycles. The standard InChI is InChI=1S/C14H20Cl2N2O3S/c1-10(2)9-17-13(19)7-8-18(22(3,20)21)12-6-4-5-11(15)14(12)16/h4-6,10H,7-9H2,1-3H3,(H,17,19). The minimum absolute atomic E-state index is 0.00280. The minimum Gasteiger partial charge on any atom is -0.356 e. The lowest BCUT2D eigenvalue weighted by Gasteiger charge is -2.23. The van der Waals surface area contributed by atoms with Crippen LogP contribution >= 0.6 is 23.2 Å². The molecule has 1 N–H and O–H groups in total. The molecule has 0 atom stereocenters. The molecule has 0 radical (unpaired) electrons. The molecule has 0 aliphatic carbocycles. The average Bonchev–Trinajstić information content (AvgIpc) is 2.39. The van der Waals surface area contributed by atoms with Gasteiger partial charge < -0.3 is 5.32 Å². The maximum Gasteiger partial charge on any atom is 0.232 e. The van der Waals surface area contributed by atoms with E-state index in [4.69, 9.17) is 23.2 Å². The van der Waals surface area contributed by atoms with Gasteiger partial charge in [0.25, 0.3) is 0 Å². The first-order valence-corrected chi connectivity index (χ1v) is 9.41. The van der Waals surface area contributed by atoms with Crippen molar-refractivity contribution in [3.8, 4) is 0 Å². The Morgan fingerprint density at radius 3 is 2.50 bits per heavy atom. The number of hydrogen-bond donors (Lipinski definition) is 1. The fraction of sp³-hybridized carbons (Fsp3) is 0.500. The summed E-state index contributed by atoms with van der Waals surface area (Å²) in [6.07, 6.45) is 1.11. The van der Waals surface area contributed by atoms with Crippen LogP contribution < -0.4 is 9.62 Å². The van der Waals surface area contributed by atoms with E-state index in [1.54, 1.807) is 18.2 Å². The predicted octanol–water partition coefficient (Wildman–Crippen LogP) is 2.92. The Balaban J connectivity index is 2.88. The van der Waals surface area contributed by atoms with Crippen molar-refractivity contribution in [3.05, 3.63) is 28.2 Å². The van der Waals surface area contributed by atoms with Gasteiger partial charge in [0.2, 0.25) is 15.9 Å². The van der Waals surface area contributed by atoms with Crippen LogP contribution in [0, 0.1) is 5.92 Å². The number of benzene rings is 1. The van der Waals surface area contributed by atoms with E-state index in [2.05, 4.69) is 5.32 Å². The molecule has 1 aromatic rings. The summed E-state index contributed by atoms with van der Waals surface area (Å²) in [7, 11) is -3.57. The Bertz CT molecular complexity index is 633. The Morgan fingerprint density at radius 2 is 1.95 bits per heavy atom. The van der Waals surface area contributed by atoms with Gasteiger partial charge in [-0.1, -0.05) is 43.1 Å². The fourth-order valence-electron chi connectivity index (χ4n) is 1.76. The summed E-state index contributed by atoms with van der Waals surface area (Å²) >= 11 is 12.0. The second-order valence-corrected chi connectivity index (χ2v) is 8.05. The molecule has 0 aliphatic rings. The predicted molar refractivity (Wildman–Crippen MR) is 91.1 cm³/mol. The molecule has 0 aromatic heterocycles. The third-order valence-electron chi connectivity index (χ3n) is 2.85. The van der Waals surface area contributed by atoms with Crippen molar-refractivity contribution >= 4 is 44.8 Å². The molecule has 0 saturated carbocycles. The molecule has 22 heavy (non-hydrogen) atoms. The quantitative estimate of drug-likeness (QED) is 0.806. The van der Waals surface area contributed by atoms with Crippen molar-refractivity contribution in [1.29, 1.82) is 0 Å². The van der Waals surface area contributed by atoms with Crippen LogP contribution in [0.15, 0.2) is 18.2 Å². The van der Waals surface area contributed by atoms with Crippen molar-refractivity contribution in [2.45, 2.75) is 20.3 Å². The zero-order valence-electron chi connectivity index (χ0n) is 12.8. The van der Waals surface area contributed by atoms with Gasteiger partial charge in [-0.15, -0.1) is 0 Å². The fourth-order valence-corrected chi connectivity index (χ4v) is 3.14. The first-order chi connectivity index (χ1) is 10.1. The molecule has 0 bridgehead atoms. The van der Waals surface area contributed by atoms with Crippen molar-refractivity contribution in [2.75, 3.05) is 23.7 Å². The van der Waals surface area contributed by atoms with E-state index in [1.165, 1.54) is 0 Å². The van der Waals surface area contributed by atoms with Gasteiger partial charge in [-0.05, 0) is 18.1 Å². The van der Waals surface area contributed by atoms with E-state index >= 15 is 0 Å². The second kappa shape index (κ2) is 8.04. The van der Waals surface area contributed by atoms with Crippen LogP contribution in [0.4, 0.5) is 5.69 Å². The highest BCUT2D eigenvalue weighted by Crippen LogP contribution is 2.33. The molecule has 8 heteroatoms. The van der Waals surface area contributed by atoms with Gasteiger partial charge in [-0.3, -0.25) is 9.10 Å². The number of sulfonamides is 1. The molecule has 0 aliphatic heterocycles. The van der Waals surface area contributed by atoms with Crippen molar-refractivity contribution in [3.63, 3.8) is 0 Å². The lowest BCUT2D eigenvalue weighted by molar-refractivity contribution is -0.121. The van der Waals surface area contributed by atoms with Gasteiger partial charge in [0, 0.05) is 19.5 Å². The Hall–Kier alpha value is -0.980. The third kappa shape index (κ3) is 5.66. The number of halogens is 2. The van der Waals surface area contributed by atoms with E-state index in [1.807, 2.05) is 13.8 Å². The van der Waals surface area contributed by atoms with E-state index < -0.39 is 10.0 Å². The monoisotopic (exact) mass is 366 g/mol. The van der Waals surface area contributed by atoms with Gasteiger partial charge in [0.15, 0.2) is 0 Å². The van der Waals surface area contributed by atoms with Crippen molar-refractivity contribution in [2.24, 2.45) is 5.92 Å². The summed E-state index contributed by atoms with van der Waals surface area (Å²) in [4.78, 5) is 11.8. The molecular weight excluding hydrogens is 347 g/mol. The number of nitrogens with one attached hydrogen (secondary N) is 1. The highest BCUT2D eigenvalue weighted by atomic mass is 35.5. The topological polar surface area (TPSA) is 66.5 Å². The van der Waals surface area contributed by atoms with Crippen LogP contribution in [0.2, 0.25) is 10.0 Å². The summed E-state index contributed by atoms with van der Waals surface area (Å²) in [5.41, 5.74) is 0.272. The third-order valence-corrected chi connectivity index (χ3v) is 4.84. The molecule has 0 unspecified atom stereocenters. The molecule has 5 nitrogen and oxygen atoms in total. The van der Waals surface area contributed by atoms with E-state index in [0.29, 0.717) is 12.5 Å². The van der Waals surface area contributed by atoms with Crippen LogP contribution in [-0.4, -0.2) is 33.7 Å². The van der Waals surface area contributed by atoms with E-state index in [9.17, 15) is 13.2 Å². The summed E-state index contributed by atoms with van der Waals surface area (Å²) in [5.74, 6) is 0.123. The molecule has 1 amide bonds. The van der Waals surface area contributed by atoms with Gasteiger partial charge >= 0.3 is 0 Å². The second-order valence-electron chi connectivity index (χ2n) is 5.36. The number of anilines is 1. The van der Waals surface area contributed by atoms with E-state index in [-0.39, 0.29) is 34.6 Å². The molecule has 0 fully saturated rings. The molecule has 1 rings (SSSR count). The summed E-state index contributed by atoms with van der Waals surface area (Å²) in [6, 6.07) is 4.74. The zero-order chi connectivity index (χ0) is 16.9. The van der Waals surface area contributed by atoms with E-state index in [0.717, 1.165) is 10.6 Å². The lowest BCUT2D eigenvalue weighted by atomic mass is 10.2. The lowest BCUT2D eigenvalue weighted by Crippen LogP contribution is -2.35. The zero-order valence-corrected chi connectivity index (χ0v) is 15.1. The SMILES string of the molecule is CC(C)CNC(=O)CCN(c1cccc(Cl)c1Cl)S(C)(=O)=O. The first kappa shape index (κ1) is 19.1. The van der Waals surface area contributed by atoms with Crippen LogP contribution in [0.25, 0.3) is 0 Å². The van der Waals surface area contributed by atoms with Gasteiger partial charge in [0.05, 0.1) is 22.0 Å². The summed E-state index contributed by atoms with van der Waals surface area (Å²) in [6.45, 7) is 4.52. The molecular formula is C14H20Cl2N2O3S. The summed E-state index contributed by atoms with van der Waals surface area (Å²) in [5, 5.41) is 3.16. The van der Waals surface area contributed by atoms with Crippen molar-refractivity contribution < 1.29 is 13.2 Å². The molecule has 0 spiro atoms. The Kier molecular flexibility index (Phi) is 6.97. The maximum absolute atomic E-state index is 12.0. The minimum atomic E-state index is -3.57. The molecule has 0 saturated heterocycles. The van der Waals surface area contributed by atoms with Crippen LogP contribution in [0.3, 0.4) is 0 Å². The molecule has 1 aromatic carbocycles. The van der Waals surface area contributed by atoms with Crippen LogP contribution in [-0.2, 0) is 14.8 Å². The number of hydrogen-bond acceptors (Lipinski definition) is 3. The normalized spacial score (nSPS) is 11.5. The average molecular weight is 367 g/mol. The summed E-state index contributed by atoms with van der Waals surface area (Å²) < 4.78 is 25.0. The number of rotatable bonds is 7. The van der Waals surface area contributed by atoms with Crippen LogP contribution in [0.1, 0.15) is 20.3 Å². The number of amides is 1. The first-order valence-electron chi connectivity index (χ1n) is 6.81. The highest BCUT2D eigenvalue weighted by Gasteiger charge is 2.21. The maximum atomic E-state index is 12.0. The van der Waals surface area contributed by atoms with Gasteiger partial charge in [-0.2, -0.15) is 0 Å². The number of nitrogens with zero attached hydrogens (tertiary/aromatic N) is 1. The Labute approximate surface area is 141 Å². The van der Waals surface area contributed by atoms with Gasteiger partial charge in [0.1, 0.15) is 0 Å². The van der Waals surface area contributed by atoms with Gasteiger partial charge in [-0.25, -0.2) is 8.42 Å². The van der Waals surface area contributed by atoms with Crippen LogP contribution in [0.5, 0.6) is 0 Å². The Morgan fingerprint density at radius 1 is 1.32 bits per heavy atom. The molecule has 124 valence electrons. The number of carbonyl (C=O) groups is 1. The largest absolute Gasteiger partial charge is 0.356 e. The van der Waals surface area contributed by atoms with Crippen molar-refractivity contribution in [1.82, 2.24) is 5.32 Å².